The maximum Gasteiger partial charge on any atom is 0.338 e. The lowest BCUT2D eigenvalue weighted by Crippen LogP contribution is -2.31. The summed E-state index contributed by atoms with van der Waals surface area (Å²) >= 11 is 0. The molecule has 3 N–H and O–H groups in total. The quantitative estimate of drug-likeness (QED) is 0.829. The van der Waals surface area contributed by atoms with E-state index in [1.54, 1.807) is 4.52 Å². The molecule has 5 rings (SSSR count). The van der Waals surface area contributed by atoms with E-state index in [-0.39, 0.29) is 18.5 Å². The van der Waals surface area contributed by atoms with Gasteiger partial charge in [-0.2, -0.15) is 9.50 Å². The molecule has 2 aromatic rings. The van der Waals surface area contributed by atoms with Crippen LogP contribution in [0.1, 0.15) is 56.7 Å². The first-order chi connectivity index (χ1) is 12.1. The van der Waals surface area contributed by atoms with Gasteiger partial charge in [-0.05, 0) is 56.4 Å². The van der Waals surface area contributed by atoms with Crippen LogP contribution in [0.3, 0.4) is 0 Å². The van der Waals surface area contributed by atoms with E-state index in [0.717, 1.165) is 43.0 Å². The summed E-state index contributed by atoms with van der Waals surface area (Å²) in [6.45, 7) is 5.48. The van der Waals surface area contributed by atoms with E-state index >= 15 is 0 Å². The van der Waals surface area contributed by atoms with Crippen molar-refractivity contribution in [1.82, 2.24) is 24.9 Å². The van der Waals surface area contributed by atoms with Crippen LogP contribution in [0, 0.1) is 11.8 Å². The van der Waals surface area contributed by atoms with Crippen LogP contribution in [0.5, 0.6) is 6.01 Å². The van der Waals surface area contributed by atoms with Gasteiger partial charge in [0.2, 0.25) is 0 Å². The molecule has 0 radical (unpaired) electrons. The smallest absolute Gasteiger partial charge is 0.338 e. The van der Waals surface area contributed by atoms with E-state index in [4.69, 9.17) is 15.5 Å². The zero-order chi connectivity index (χ0) is 17.1. The number of anilines is 1. The Hall–Kier alpha value is -1.60. The van der Waals surface area contributed by atoms with Gasteiger partial charge < -0.3 is 15.8 Å². The Bertz CT molecular complexity index is 818. The minimum Gasteiger partial charge on any atom is -0.459 e. The van der Waals surface area contributed by atoms with E-state index < -0.39 is 0 Å². The van der Waals surface area contributed by atoms with Crippen molar-refractivity contribution in [2.45, 2.75) is 64.0 Å². The van der Waals surface area contributed by atoms with Gasteiger partial charge in [-0.3, -0.25) is 0 Å². The third-order valence-corrected chi connectivity index (χ3v) is 5.96. The van der Waals surface area contributed by atoms with Crippen molar-refractivity contribution in [2.24, 2.45) is 11.8 Å². The molecule has 2 saturated carbocycles. The highest BCUT2D eigenvalue weighted by molar-refractivity contribution is 5.85. The molecular weight excluding hydrogens is 352 g/mol. The molecule has 3 aliphatic rings. The predicted octanol–water partition coefficient (Wildman–Crippen LogP) is 2.33. The molecule has 1 saturated heterocycles. The Balaban J connectivity index is 0.00000168. The predicted molar refractivity (Wildman–Crippen MR) is 102 cm³/mol. The summed E-state index contributed by atoms with van der Waals surface area (Å²) in [5.41, 5.74) is 8.76. The molecule has 3 fully saturated rings. The lowest BCUT2D eigenvalue weighted by Gasteiger charge is -2.24. The van der Waals surface area contributed by atoms with Crippen molar-refractivity contribution in [3.05, 3.63) is 11.3 Å². The van der Waals surface area contributed by atoms with Gasteiger partial charge in [-0.25, -0.2) is 4.98 Å². The summed E-state index contributed by atoms with van der Waals surface area (Å²) in [5.74, 6) is 3.00. The lowest BCUT2D eigenvalue weighted by molar-refractivity contribution is 0.279. The molecule has 3 atom stereocenters. The molecule has 0 unspecified atom stereocenters. The average Bonchev–Trinajstić information content (AvgIpc) is 2.98. The first-order valence-electron chi connectivity index (χ1n) is 9.53. The maximum atomic E-state index is 6.54. The standard InChI is InChI=1S/C18H26N6O.ClH/c1-9(2)15-14(7-10-5-12-6-11(10)8-20-12)16(19)24-17(21-15)22-18(23-24)25-13-3-4-13;/h9-13,20H,3-8,19H2,1-2H3;1H/t10-,11-,12-;/m0./s1. The lowest BCUT2D eigenvalue weighted by atomic mass is 9.87. The molecule has 0 amide bonds. The van der Waals surface area contributed by atoms with E-state index in [1.807, 2.05) is 0 Å². The Morgan fingerprint density at radius 3 is 2.69 bits per heavy atom. The SMILES string of the molecule is CC(C)c1nc2nc(OC3CC3)nn2c(N)c1C[C@@H]1C[C@H]2C[C@H]1CN2.Cl. The fraction of sp³-hybridized carbons (Fsp3) is 0.722. The number of fused-ring (bicyclic) bond motifs is 3. The molecule has 0 aromatic carbocycles. The van der Waals surface area contributed by atoms with Crippen molar-refractivity contribution in [1.29, 1.82) is 0 Å². The van der Waals surface area contributed by atoms with Crippen LogP contribution in [0.25, 0.3) is 5.78 Å². The average molecular weight is 379 g/mol. The number of nitrogens with one attached hydrogen (secondary N) is 1. The molecule has 2 aromatic heterocycles. The molecule has 3 heterocycles. The van der Waals surface area contributed by atoms with Crippen molar-refractivity contribution < 1.29 is 4.74 Å². The van der Waals surface area contributed by atoms with Gasteiger partial charge in [0.05, 0.1) is 5.69 Å². The topological polar surface area (TPSA) is 90.4 Å². The van der Waals surface area contributed by atoms with Gasteiger partial charge in [0.15, 0.2) is 0 Å². The van der Waals surface area contributed by atoms with Crippen LogP contribution < -0.4 is 15.8 Å². The highest BCUT2D eigenvalue weighted by Gasteiger charge is 2.40. The number of nitrogens with zero attached hydrogens (tertiary/aromatic N) is 4. The Labute approximate surface area is 159 Å². The number of rotatable bonds is 5. The summed E-state index contributed by atoms with van der Waals surface area (Å²) in [6.07, 6.45) is 5.97. The number of nitrogens with two attached hydrogens (primary N) is 1. The molecule has 142 valence electrons. The van der Waals surface area contributed by atoms with E-state index in [2.05, 4.69) is 29.2 Å². The van der Waals surface area contributed by atoms with Crippen LogP contribution in [0.15, 0.2) is 0 Å². The van der Waals surface area contributed by atoms with Gasteiger partial charge in [-0.15, -0.1) is 17.5 Å². The Morgan fingerprint density at radius 2 is 2.08 bits per heavy atom. The summed E-state index contributed by atoms with van der Waals surface area (Å²) in [7, 11) is 0. The zero-order valence-electron chi connectivity index (χ0n) is 15.3. The number of aromatic nitrogens is 4. The van der Waals surface area contributed by atoms with E-state index in [0.29, 0.717) is 35.5 Å². The number of hydrogen-bond donors (Lipinski definition) is 2. The third-order valence-electron chi connectivity index (χ3n) is 5.96. The van der Waals surface area contributed by atoms with Crippen molar-refractivity contribution in [3.8, 4) is 6.01 Å². The van der Waals surface area contributed by atoms with Gasteiger partial charge in [0, 0.05) is 11.6 Å². The monoisotopic (exact) mass is 378 g/mol. The summed E-state index contributed by atoms with van der Waals surface area (Å²) in [6, 6.07) is 1.10. The summed E-state index contributed by atoms with van der Waals surface area (Å²) < 4.78 is 7.40. The molecular formula is C18H27ClN6O. The molecule has 1 aliphatic heterocycles. The second-order valence-electron chi connectivity index (χ2n) is 8.24. The van der Waals surface area contributed by atoms with Crippen molar-refractivity contribution in [3.63, 3.8) is 0 Å². The molecule has 2 aliphatic carbocycles. The van der Waals surface area contributed by atoms with Crippen LogP contribution in [-0.2, 0) is 6.42 Å². The fourth-order valence-electron chi connectivity index (χ4n) is 4.48. The zero-order valence-corrected chi connectivity index (χ0v) is 16.1. The second-order valence-corrected chi connectivity index (χ2v) is 8.24. The normalized spacial score (nSPS) is 27.3. The first kappa shape index (κ1) is 17.8. The molecule has 7 nitrogen and oxygen atoms in total. The highest BCUT2D eigenvalue weighted by atomic mass is 35.5. The van der Waals surface area contributed by atoms with Gasteiger partial charge in [0.1, 0.15) is 11.9 Å². The Kier molecular flexibility index (Phi) is 4.47. The number of ether oxygens (including phenoxy) is 1. The van der Waals surface area contributed by atoms with Crippen LogP contribution in [0.4, 0.5) is 5.82 Å². The third kappa shape index (κ3) is 3.01. The molecule has 2 bridgehead atoms. The van der Waals surface area contributed by atoms with Crippen molar-refractivity contribution >= 4 is 24.0 Å². The second kappa shape index (κ2) is 6.53. The van der Waals surface area contributed by atoms with Gasteiger partial charge >= 0.3 is 6.01 Å². The van der Waals surface area contributed by atoms with Crippen LogP contribution in [0.2, 0.25) is 0 Å². The number of halogens is 1. The number of hydrogen-bond acceptors (Lipinski definition) is 6. The van der Waals surface area contributed by atoms with Gasteiger partial charge in [0.25, 0.3) is 5.78 Å². The first-order valence-corrected chi connectivity index (χ1v) is 9.53. The van der Waals surface area contributed by atoms with E-state index in [1.165, 1.54) is 12.8 Å². The maximum absolute atomic E-state index is 6.54. The Morgan fingerprint density at radius 1 is 1.27 bits per heavy atom. The van der Waals surface area contributed by atoms with Crippen molar-refractivity contribution in [2.75, 3.05) is 12.3 Å². The number of piperidine rings is 1. The van der Waals surface area contributed by atoms with Crippen LogP contribution >= 0.6 is 12.4 Å². The van der Waals surface area contributed by atoms with Crippen LogP contribution in [-0.4, -0.2) is 38.3 Å². The number of nitrogen functional groups attached to an aromatic ring is 1. The highest BCUT2D eigenvalue weighted by Crippen LogP contribution is 2.40. The van der Waals surface area contributed by atoms with E-state index in [9.17, 15) is 0 Å². The summed E-state index contributed by atoms with van der Waals surface area (Å²) in [4.78, 5) is 9.24. The summed E-state index contributed by atoms with van der Waals surface area (Å²) in [5, 5.41) is 8.05. The largest absolute Gasteiger partial charge is 0.459 e. The minimum atomic E-state index is 0. The molecule has 0 spiro atoms. The fourth-order valence-corrected chi connectivity index (χ4v) is 4.48. The molecule has 26 heavy (non-hydrogen) atoms. The molecule has 8 heteroatoms. The minimum absolute atomic E-state index is 0. The van der Waals surface area contributed by atoms with Gasteiger partial charge in [-0.1, -0.05) is 13.8 Å².